The lowest BCUT2D eigenvalue weighted by molar-refractivity contribution is -0.162. The van der Waals surface area contributed by atoms with Gasteiger partial charge in [-0.2, -0.15) is 13.2 Å². The summed E-state index contributed by atoms with van der Waals surface area (Å²) in [5, 5.41) is 0.578. The number of imidazole rings is 1. The van der Waals surface area contributed by atoms with E-state index in [1.165, 1.54) is 12.1 Å². The van der Waals surface area contributed by atoms with Gasteiger partial charge in [-0.15, -0.1) is 4.73 Å². The van der Waals surface area contributed by atoms with Crippen molar-refractivity contribution >= 4 is 63.5 Å². The van der Waals surface area contributed by atoms with E-state index in [0.29, 0.717) is 0 Å². The molecular formula is C16H8Cl4F3N3O3. The molecule has 29 heavy (non-hydrogen) atoms. The Morgan fingerprint density at radius 3 is 2.45 bits per heavy atom. The zero-order chi connectivity index (χ0) is 21.3. The average Bonchev–Trinajstić information content (AvgIpc) is 2.97. The summed E-state index contributed by atoms with van der Waals surface area (Å²) in [6.07, 6.45) is -4.17. The Hall–Kier alpha value is -1.94. The van der Waals surface area contributed by atoms with Crippen LogP contribution in [0.5, 0.6) is 5.75 Å². The van der Waals surface area contributed by atoms with Crippen molar-refractivity contribution in [3.63, 3.8) is 0 Å². The van der Waals surface area contributed by atoms with Crippen molar-refractivity contribution in [2.45, 2.75) is 12.6 Å². The van der Waals surface area contributed by atoms with Crippen LogP contribution in [0.15, 0.2) is 24.4 Å². The van der Waals surface area contributed by atoms with Crippen molar-refractivity contribution in [2.24, 2.45) is 0 Å². The zero-order valence-electron chi connectivity index (χ0n) is 13.9. The highest BCUT2D eigenvalue weighted by atomic mass is 35.5. The summed E-state index contributed by atoms with van der Waals surface area (Å²) >= 11 is 23.4. The van der Waals surface area contributed by atoms with Crippen LogP contribution in [0.1, 0.15) is 12.2 Å². The average molecular weight is 489 g/mol. The SMILES string of the molecule is O=C(CCOc1cc(Cl)c(Cl)cc1Cl)On1c(C(F)(F)F)nc2ncc(Cl)cc21. The molecule has 0 aliphatic heterocycles. The molecule has 0 saturated carbocycles. The lowest BCUT2D eigenvalue weighted by atomic mass is 10.3. The molecule has 6 nitrogen and oxygen atoms in total. The fourth-order valence-corrected chi connectivity index (χ4v) is 2.94. The Kier molecular flexibility index (Phi) is 6.33. The van der Waals surface area contributed by atoms with E-state index in [1.54, 1.807) is 0 Å². The number of carbonyl (C=O) groups excluding carboxylic acids is 1. The van der Waals surface area contributed by atoms with Crippen LogP contribution in [-0.2, 0) is 11.0 Å². The number of carbonyl (C=O) groups is 1. The van der Waals surface area contributed by atoms with E-state index in [2.05, 4.69) is 9.97 Å². The fourth-order valence-electron chi connectivity index (χ4n) is 2.19. The van der Waals surface area contributed by atoms with Gasteiger partial charge in [0, 0.05) is 12.3 Å². The highest BCUT2D eigenvalue weighted by molar-refractivity contribution is 6.43. The lowest BCUT2D eigenvalue weighted by Gasteiger charge is -2.12. The Bertz CT molecular complexity index is 1090. The van der Waals surface area contributed by atoms with Gasteiger partial charge in [0.25, 0.3) is 5.82 Å². The molecule has 0 saturated heterocycles. The van der Waals surface area contributed by atoms with Gasteiger partial charge in [-0.1, -0.05) is 46.4 Å². The Labute approximate surface area is 181 Å². The largest absolute Gasteiger partial charge is 0.491 e. The highest BCUT2D eigenvalue weighted by Gasteiger charge is 2.39. The third kappa shape index (κ3) is 4.98. The minimum Gasteiger partial charge on any atom is -0.491 e. The number of fused-ring (bicyclic) bond motifs is 1. The maximum absolute atomic E-state index is 13.2. The van der Waals surface area contributed by atoms with Crippen molar-refractivity contribution < 1.29 is 27.5 Å². The minimum atomic E-state index is -4.89. The first-order valence-corrected chi connectivity index (χ1v) is 9.17. The highest BCUT2D eigenvalue weighted by Crippen LogP contribution is 2.34. The number of hydrogen-bond donors (Lipinski definition) is 0. The first kappa shape index (κ1) is 21.8. The van der Waals surface area contributed by atoms with Gasteiger partial charge in [-0.3, -0.25) is 0 Å². The molecule has 0 bridgehead atoms. The van der Waals surface area contributed by atoms with Gasteiger partial charge in [0.15, 0.2) is 5.65 Å². The number of halogens is 7. The lowest BCUT2D eigenvalue weighted by Crippen LogP contribution is -2.26. The third-order valence-electron chi connectivity index (χ3n) is 3.42. The molecule has 2 aromatic heterocycles. The van der Waals surface area contributed by atoms with Gasteiger partial charge in [0.05, 0.1) is 33.1 Å². The van der Waals surface area contributed by atoms with Crippen LogP contribution in [0.4, 0.5) is 13.2 Å². The Morgan fingerprint density at radius 1 is 1.07 bits per heavy atom. The summed E-state index contributed by atoms with van der Waals surface area (Å²) in [6, 6.07) is 3.84. The van der Waals surface area contributed by atoms with Crippen LogP contribution in [0, 0.1) is 0 Å². The number of benzene rings is 1. The normalized spacial score (nSPS) is 11.7. The number of nitrogens with zero attached hydrogens (tertiary/aromatic N) is 3. The van der Waals surface area contributed by atoms with Crippen molar-refractivity contribution in [1.82, 2.24) is 14.7 Å². The smallest absolute Gasteiger partial charge is 0.453 e. The van der Waals surface area contributed by atoms with E-state index in [4.69, 9.17) is 56.0 Å². The molecule has 0 atom stereocenters. The molecule has 0 aliphatic carbocycles. The third-order valence-corrected chi connectivity index (χ3v) is 4.65. The number of aromatic nitrogens is 3. The van der Waals surface area contributed by atoms with Gasteiger partial charge >= 0.3 is 12.1 Å². The predicted molar refractivity (Wildman–Crippen MR) is 101 cm³/mol. The Morgan fingerprint density at radius 2 is 1.76 bits per heavy atom. The number of hydrogen-bond acceptors (Lipinski definition) is 5. The molecule has 0 fully saturated rings. The monoisotopic (exact) mass is 487 g/mol. The summed E-state index contributed by atoms with van der Waals surface area (Å²) in [7, 11) is 0. The molecule has 0 N–H and O–H groups in total. The van der Waals surface area contributed by atoms with Crippen molar-refractivity contribution in [2.75, 3.05) is 6.61 Å². The van der Waals surface area contributed by atoms with Crippen molar-refractivity contribution in [3.8, 4) is 5.75 Å². The molecule has 0 radical (unpaired) electrons. The Balaban J connectivity index is 1.75. The number of ether oxygens (including phenoxy) is 1. The standard InChI is InChI=1S/C16H8Cl4F3N3O3/c17-7-3-11-14(24-6-7)25-15(16(21,22)23)26(11)29-13(27)1-2-28-12-5-9(19)8(18)4-10(12)20/h3-6H,1-2H2. The van der Waals surface area contributed by atoms with E-state index >= 15 is 0 Å². The molecule has 0 aliphatic rings. The fraction of sp³-hybridized carbons (Fsp3) is 0.188. The van der Waals surface area contributed by atoms with Gasteiger partial charge in [-0.25, -0.2) is 14.8 Å². The van der Waals surface area contributed by atoms with Crippen LogP contribution in [0.3, 0.4) is 0 Å². The quantitative estimate of drug-likeness (QED) is 0.444. The van der Waals surface area contributed by atoms with Gasteiger partial charge in [-0.05, 0) is 12.1 Å². The van der Waals surface area contributed by atoms with Crippen LogP contribution in [0.2, 0.25) is 20.1 Å². The molecule has 0 spiro atoms. The number of alkyl halides is 3. The summed E-state index contributed by atoms with van der Waals surface area (Å²) in [5.41, 5.74) is -0.500. The second-order valence-electron chi connectivity index (χ2n) is 5.48. The molecular weight excluding hydrogens is 481 g/mol. The van der Waals surface area contributed by atoms with Crippen LogP contribution in [-0.4, -0.2) is 27.3 Å². The van der Waals surface area contributed by atoms with E-state index in [1.807, 2.05) is 0 Å². The van der Waals surface area contributed by atoms with Gasteiger partial charge in [0.1, 0.15) is 11.3 Å². The van der Waals surface area contributed by atoms with Gasteiger partial charge in [0.2, 0.25) is 0 Å². The first-order valence-electron chi connectivity index (χ1n) is 7.66. The predicted octanol–water partition coefficient (Wildman–Crippen LogP) is 5.49. The molecule has 154 valence electrons. The summed E-state index contributed by atoms with van der Waals surface area (Å²) in [5.74, 6) is -2.33. The maximum atomic E-state index is 13.2. The molecule has 1 aromatic carbocycles. The summed E-state index contributed by atoms with van der Waals surface area (Å²) in [6.45, 7) is -0.247. The molecule has 0 amide bonds. The molecule has 2 heterocycles. The first-order chi connectivity index (χ1) is 13.6. The topological polar surface area (TPSA) is 66.2 Å². The second kappa shape index (κ2) is 8.43. The second-order valence-corrected chi connectivity index (χ2v) is 7.14. The van der Waals surface area contributed by atoms with Gasteiger partial charge < -0.3 is 9.57 Å². The maximum Gasteiger partial charge on any atom is 0.453 e. The summed E-state index contributed by atoms with van der Waals surface area (Å²) in [4.78, 5) is 23.9. The van der Waals surface area contributed by atoms with E-state index < -0.39 is 24.4 Å². The zero-order valence-corrected chi connectivity index (χ0v) is 17.0. The number of rotatable bonds is 5. The number of pyridine rings is 1. The molecule has 0 unspecified atom stereocenters. The molecule has 3 aromatic rings. The molecule has 3 rings (SSSR count). The van der Waals surface area contributed by atoms with Crippen LogP contribution < -0.4 is 9.57 Å². The van der Waals surface area contributed by atoms with E-state index in [-0.39, 0.29) is 48.3 Å². The van der Waals surface area contributed by atoms with E-state index in [9.17, 15) is 18.0 Å². The minimum absolute atomic E-state index is 0.0426. The van der Waals surface area contributed by atoms with Crippen molar-refractivity contribution in [1.29, 1.82) is 0 Å². The van der Waals surface area contributed by atoms with Crippen LogP contribution in [0.25, 0.3) is 11.2 Å². The molecule has 13 heteroatoms. The van der Waals surface area contributed by atoms with E-state index in [0.717, 1.165) is 12.3 Å². The van der Waals surface area contributed by atoms with Crippen molar-refractivity contribution in [3.05, 3.63) is 50.3 Å². The summed E-state index contributed by atoms with van der Waals surface area (Å²) < 4.78 is 45.2. The van der Waals surface area contributed by atoms with Crippen LogP contribution >= 0.6 is 46.4 Å².